The third kappa shape index (κ3) is 4.15. The van der Waals surface area contributed by atoms with Crippen molar-refractivity contribution < 1.29 is 23.8 Å². The molecule has 1 aliphatic heterocycles. The summed E-state index contributed by atoms with van der Waals surface area (Å²) in [5.41, 5.74) is 3.51. The summed E-state index contributed by atoms with van der Waals surface area (Å²) in [6, 6.07) is 12.2. The van der Waals surface area contributed by atoms with Gasteiger partial charge in [0.05, 0.1) is 11.6 Å². The van der Waals surface area contributed by atoms with Gasteiger partial charge in [0.1, 0.15) is 17.8 Å². The Balaban J connectivity index is 1.81. The minimum Gasteiger partial charge on any atom is -0.429 e. The van der Waals surface area contributed by atoms with Gasteiger partial charge < -0.3 is 14.6 Å². The molecule has 6 heteroatoms. The predicted octanol–water partition coefficient (Wildman–Crippen LogP) is 4.32. The first-order valence-corrected chi connectivity index (χ1v) is 10.6. The molecular formula is C25H28FNO4. The van der Waals surface area contributed by atoms with Crippen molar-refractivity contribution in [2.24, 2.45) is 0 Å². The van der Waals surface area contributed by atoms with Gasteiger partial charge in [-0.3, -0.25) is 10.1 Å². The van der Waals surface area contributed by atoms with Crippen LogP contribution in [0, 0.1) is 12.7 Å². The number of benzene rings is 2. The van der Waals surface area contributed by atoms with E-state index in [0.717, 1.165) is 35.1 Å². The number of hydrogen-bond acceptors (Lipinski definition) is 5. The quantitative estimate of drug-likeness (QED) is 0.714. The summed E-state index contributed by atoms with van der Waals surface area (Å²) in [5.74, 6) is -0.203. The molecule has 0 aromatic heterocycles. The Kier molecular flexibility index (Phi) is 5.97. The maximum atomic E-state index is 13.4. The lowest BCUT2D eigenvalue weighted by Crippen LogP contribution is -2.50. The largest absolute Gasteiger partial charge is 0.429 e. The number of halogens is 1. The van der Waals surface area contributed by atoms with Crippen molar-refractivity contribution in [3.8, 4) is 11.1 Å². The van der Waals surface area contributed by atoms with E-state index < -0.39 is 17.7 Å². The Morgan fingerprint density at radius 3 is 2.39 bits per heavy atom. The molecule has 0 amide bonds. The molecule has 1 spiro atoms. The van der Waals surface area contributed by atoms with Gasteiger partial charge in [-0.2, -0.15) is 0 Å². The van der Waals surface area contributed by atoms with Crippen LogP contribution in [0.4, 0.5) is 4.39 Å². The first kappa shape index (κ1) is 21.7. The molecule has 5 nitrogen and oxygen atoms in total. The second-order valence-corrected chi connectivity index (χ2v) is 8.44. The number of carbonyl (C=O) groups excluding carboxylic acids is 1. The number of nitrogens with one attached hydrogen (secondary N) is 1. The predicted molar refractivity (Wildman–Crippen MR) is 116 cm³/mol. The molecule has 1 saturated carbocycles. The van der Waals surface area contributed by atoms with E-state index in [-0.39, 0.29) is 11.9 Å². The molecule has 2 aromatic rings. The van der Waals surface area contributed by atoms with Crippen LogP contribution < -0.4 is 5.32 Å². The Morgan fingerprint density at radius 2 is 1.77 bits per heavy atom. The normalized spacial score (nSPS) is 25.8. The number of ether oxygens (including phenoxy) is 2. The van der Waals surface area contributed by atoms with Crippen LogP contribution in [-0.4, -0.2) is 36.1 Å². The number of aliphatic hydroxyl groups is 1. The molecule has 1 heterocycles. The molecule has 2 aliphatic rings. The topological polar surface area (TPSA) is 67.8 Å². The second kappa shape index (κ2) is 8.54. The van der Waals surface area contributed by atoms with E-state index in [1.165, 1.54) is 19.1 Å². The molecule has 1 atom stereocenters. The summed E-state index contributed by atoms with van der Waals surface area (Å²) in [7, 11) is 1.71. The highest BCUT2D eigenvalue weighted by Gasteiger charge is 2.49. The lowest BCUT2D eigenvalue weighted by Gasteiger charge is -2.38. The van der Waals surface area contributed by atoms with Crippen molar-refractivity contribution in [2.45, 2.75) is 57.4 Å². The zero-order valence-corrected chi connectivity index (χ0v) is 18.1. The fourth-order valence-electron chi connectivity index (χ4n) is 4.77. The minimum atomic E-state index is -0.962. The number of aliphatic hydroxyl groups excluding tert-OH is 1. The Hall–Kier alpha value is -2.54. The van der Waals surface area contributed by atoms with Gasteiger partial charge in [-0.1, -0.05) is 24.3 Å². The van der Waals surface area contributed by atoms with Gasteiger partial charge in [0.2, 0.25) is 0 Å². The molecule has 1 fully saturated rings. The Bertz CT molecular complexity index is 1010. The van der Waals surface area contributed by atoms with Crippen molar-refractivity contribution in [1.29, 1.82) is 0 Å². The molecule has 164 valence electrons. The lowest BCUT2D eigenvalue weighted by molar-refractivity contribution is -0.138. The molecule has 31 heavy (non-hydrogen) atoms. The van der Waals surface area contributed by atoms with Gasteiger partial charge in [-0.15, -0.1) is 0 Å². The van der Waals surface area contributed by atoms with Crippen LogP contribution in [0.5, 0.6) is 0 Å². The first-order valence-electron chi connectivity index (χ1n) is 10.6. The van der Waals surface area contributed by atoms with Crippen LogP contribution in [-0.2, 0) is 14.3 Å². The standard InChI is InChI=1S/C25H28FNO4/c1-15-4-5-18(17-6-8-19(26)9-7-17)14-21(15)22-23(31-16(2)28)25(27-24(22)29)12-10-20(30-3)11-13-25/h4-9,14,20,24,27,29H,10-13H2,1-3H3. The van der Waals surface area contributed by atoms with Gasteiger partial charge in [-0.05, 0) is 73.1 Å². The van der Waals surface area contributed by atoms with Gasteiger partial charge in [-0.25, -0.2) is 4.39 Å². The summed E-state index contributed by atoms with van der Waals surface area (Å²) in [6.07, 6.45) is 2.22. The van der Waals surface area contributed by atoms with Gasteiger partial charge in [0.25, 0.3) is 0 Å². The molecule has 2 N–H and O–H groups in total. The van der Waals surface area contributed by atoms with Crippen LogP contribution in [0.25, 0.3) is 16.7 Å². The number of methoxy groups -OCH3 is 1. The number of rotatable bonds is 4. The van der Waals surface area contributed by atoms with E-state index >= 15 is 0 Å². The van der Waals surface area contributed by atoms with E-state index in [1.54, 1.807) is 19.2 Å². The van der Waals surface area contributed by atoms with E-state index in [2.05, 4.69) is 5.32 Å². The Labute approximate surface area is 181 Å². The van der Waals surface area contributed by atoms with E-state index in [9.17, 15) is 14.3 Å². The minimum absolute atomic E-state index is 0.163. The maximum Gasteiger partial charge on any atom is 0.307 e. The van der Waals surface area contributed by atoms with Crippen LogP contribution >= 0.6 is 0 Å². The maximum absolute atomic E-state index is 13.4. The van der Waals surface area contributed by atoms with E-state index in [1.807, 2.05) is 25.1 Å². The third-order valence-electron chi connectivity index (χ3n) is 6.44. The average molecular weight is 426 g/mol. The molecule has 0 radical (unpaired) electrons. The van der Waals surface area contributed by atoms with Crippen molar-refractivity contribution in [2.75, 3.05) is 7.11 Å². The molecular weight excluding hydrogens is 397 g/mol. The molecule has 0 saturated heterocycles. The highest BCUT2D eigenvalue weighted by molar-refractivity contribution is 5.82. The monoisotopic (exact) mass is 425 g/mol. The van der Waals surface area contributed by atoms with Crippen molar-refractivity contribution in [1.82, 2.24) is 5.32 Å². The highest BCUT2D eigenvalue weighted by Crippen LogP contribution is 2.46. The lowest BCUT2D eigenvalue weighted by atomic mass is 9.79. The SMILES string of the molecule is COC1CCC2(CC1)NC(O)C(c1cc(-c3ccc(F)cc3)ccc1C)=C2OC(C)=O. The number of hydrogen-bond donors (Lipinski definition) is 2. The number of carbonyl (C=O) groups is 1. The third-order valence-corrected chi connectivity index (χ3v) is 6.44. The van der Waals surface area contributed by atoms with Gasteiger partial charge in [0, 0.05) is 19.6 Å². The summed E-state index contributed by atoms with van der Waals surface area (Å²) in [6.45, 7) is 3.34. The molecule has 1 unspecified atom stereocenters. The van der Waals surface area contributed by atoms with Crippen LogP contribution in [0.15, 0.2) is 48.2 Å². The fraction of sp³-hybridized carbons (Fsp3) is 0.400. The van der Waals surface area contributed by atoms with Crippen molar-refractivity contribution >= 4 is 11.5 Å². The van der Waals surface area contributed by atoms with Crippen LogP contribution in [0.3, 0.4) is 0 Å². The molecule has 2 aromatic carbocycles. The highest BCUT2D eigenvalue weighted by atomic mass is 19.1. The van der Waals surface area contributed by atoms with Gasteiger partial charge >= 0.3 is 5.97 Å². The number of aryl methyl sites for hydroxylation is 1. The molecule has 1 aliphatic carbocycles. The summed E-state index contributed by atoms with van der Waals surface area (Å²) < 4.78 is 24.6. The van der Waals surface area contributed by atoms with Gasteiger partial charge in [0.15, 0.2) is 0 Å². The van der Waals surface area contributed by atoms with Crippen LogP contribution in [0.2, 0.25) is 0 Å². The van der Waals surface area contributed by atoms with Crippen LogP contribution in [0.1, 0.15) is 43.7 Å². The summed E-state index contributed by atoms with van der Waals surface area (Å²) in [4.78, 5) is 12.0. The molecule has 4 rings (SSSR count). The van der Waals surface area contributed by atoms with Crippen molar-refractivity contribution in [3.63, 3.8) is 0 Å². The second-order valence-electron chi connectivity index (χ2n) is 8.44. The van der Waals surface area contributed by atoms with E-state index in [4.69, 9.17) is 9.47 Å². The zero-order chi connectivity index (χ0) is 22.2. The van der Waals surface area contributed by atoms with Crippen molar-refractivity contribution in [3.05, 3.63) is 65.2 Å². The Morgan fingerprint density at radius 1 is 1.13 bits per heavy atom. The molecule has 0 bridgehead atoms. The average Bonchev–Trinajstić information content (AvgIpc) is 3.00. The fourth-order valence-corrected chi connectivity index (χ4v) is 4.77. The van der Waals surface area contributed by atoms with E-state index in [0.29, 0.717) is 24.2 Å². The smallest absolute Gasteiger partial charge is 0.307 e. The first-order chi connectivity index (χ1) is 14.8. The zero-order valence-electron chi connectivity index (χ0n) is 18.1. The summed E-state index contributed by atoms with van der Waals surface area (Å²) >= 11 is 0. The summed E-state index contributed by atoms with van der Waals surface area (Å²) in [5, 5.41) is 14.4. The number of esters is 1.